The molecule has 1 fully saturated rings. The van der Waals surface area contributed by atoms with Crippen molar-refractivity contribution in [3.05, 3.63) is 28.2 Å². The minimum Gasteiger partial charge on any atom is -0.384 e. The highest BCUT2D eigenvalue weighted by Gasteiger charge is 2.18. The zero-order chi connectivity index (χ0) is 12.3. The monoisotopic (exact) mass is 271 g/mol. The average molecular weight is 272 g/mol. The highest BCUT2D eigenvalue weighted by atomic mass is 35.5. The Labute approximate surface area is 114 Å². The Morgan fingerprint density at radius 1 is 1.29 bits per heavy atom. The maximum Gasteiger partial charge on any atom is 0.0823 e. The zero-order valence-corrected chi connectivity index (χ0v) is 11.7. The first-order chi connectivity index (χ1) is 8.16. The average Bonchev–Trinajstić information content (AvgIpc) is 2.31. The quantitative estimate of drug-likeness (QED) is 0.794. The van der Waals surface area contributed by atoms with Gasteiger partial charge in [0.2, 0.25) is 0 Å². The lowest BCUT2D eigenvalue weighted by Crippen LogP contribution is -2.21. The van der Waals surface area contributed by atoms with Crippen molar-refractivity contribution >= 4 is 28.9 Å². The Balaban J connectivity index is 1.91. The number of halogens is 2. The zero-order valence-electron chi connectivity index (χ0n) is 10.2. The molecule has 2 unspecified atom stereocenters. The van der Waals surface area contributed by atoms with Crippen LogP contribution >= 0.6 is 23.2 Å². The second-order valence-corrected chi connectivity index (χ2v) is 5.91. The molecule has 1 N–H and O–H groups in total. The van der Waals surface area contributed by atoms with Crippen LogP contribution in [0, 0.1) is 11.8 Å². The van der Waals surface area contributed by atoms with Gasteiger partial charge in [0.25, 0.3) is 0 Å². The van der Waals surface area contributed by atoms with Crippen LogP contribution in [0.3, 0.4) is 0 Å². The standard InChI is InChI=1S/C14H19Cl2N/c1-10-4-2-5-11(8-10)9-17-13-7-3-6-12(15)14(13)16/h3,6-7,10-11,17H,2,4-5,8-9H2,1H3. The number of nitrogens with one attached hydrogen (secondary N) is 1. The number of rotatable bonds is 3. The Hall–Kier alpha value is -0.400. The third kappa shape index (κ3) is 3.53. The maximum absolute atomic E-state index is 6.15. The van der Waals surface area contributed by atoms with E-state index in [2.05, 4.69) is 12.2 Å². The number of hydrogen-bond donors (Lipinski definition) is 1. The molecule has 0 amide bonds. The van der Waals surface area contributed by atoms with Gasteiger partial charge in [0.1, 0.15) is 0 Å². The smallest absolute Gasteiger partial charge is 0.0823 e. The normalized spacial score (nSPS) is 24.6. The van der Waals surface area contributed by atoms with Crippen LogP contribution < -0.4 is 5.32 Å². The van der Waals surface area contributed by atoms with Gasteiger partial charge in [-0.25, -0.2) is 0 Å². The fourth-order valence-corrected chi connectivity index (χ4v) is 3.01. The summed E-state index contributed by atoms with van der Waals surface area (Å²) in [6.45, 7) is 3.35. The topological polar surface area (TPSA) is 12.0 Å². The molecule has 0 aliphatic heterocycles. The first-order valence-electron chi connectivity index (χ1n) is 6.34. The van der Waals surface area contributed by atoms with E-state index in [0.717, 1.165) is 24.1 Å². The second kappa shape index (κ2) is 5.97. The lowest BCUT2D eigenvalue weighted by atomic mass is 9.82. The Bertz CT molecular complexity index is 378. The summed E-state index contributed by atoms with van der Waals surface area (Å²) in [5, 5.41) is 4.68. The Morgan fingerprint density at radius 3 is 2.88 bits per heavy atom. The minimum atomic E-state index is 0.619. The highest BCUT2D eigenvalue weighted by Crippen LogP contribution is 2.32. The summed E-state index contributed by atoms with van der Waals surface area (Å²) in [5.74, 6) is 1.64. The van der Waals surface area contributed by atoms with Crippen molar-refractivity contribution < 1.29 is 0 Å². The molecule has 0 saturated heterocycles. The van der Waals surface area contributed by atoms with E-state index in [1.165, 1.54) is 25.7 Å². The molecule has 0 heterocycles. The van der Waals surface area contributed by atoms with Gasteiger partial charge in [-0.1, -0.05) is 49.0 Å². The number of anilines is 1. The summed E-state index contributed by atoms with van der Waals surface area (Å²) < 4.78 is 0. The van der Waals surface area contributed by atoms with Crippen LogP contribution in [0.15, 0.2) is 18.2 Å². The molecular weight excluding hydrogens is 253 g/mol. The molecule has 0 spiro atoms. The highest BCUT2D eigenvalue weighted by molar-refractivity contribution is 6.43. The van der Waals surface area contributed by atoms with E-state index in [9.17, 15) is 0 Å². The molecule has 1 aromatic rings. The van der Waals surface area contributed by atoms with E-state index in [1.54, 1.807) is 0 Å². The van der Waals surface area contributed by atoms with Gasteiger partial charge in [-0.3, -0.25) is 0 Å². The van der Waals surface area contributed by atoms with Crippen LogP contribution in [-0.2, 0) is 0 Å². The van der Waals surface area contributed by atoms with Crippen LogP contribution in [0.2, 0.25) is 10.0 Å². The SMILES string of the molecule is CC1CCCC(CNc2cccc(Cl)c2Cl)C1. The molecule has 1 aliphatic rings. The first kappa shape index (κ1) is 13.0. The van der Waals surface area contributed by atoms with Gasteiger partial charge in [-0.05, 0) is 36.8 Å². The fraction of sp³-hybridized carbons (Fsp3) is 0.571. The van der Waals surface area contributed by atoms with E-state index in [1.807, 2.05) is 18.2 Å². The van der Waals surface area contributed by atoms with Gasteiger partial charge in [0.05, 0.1) is 15.7 Å². The molecule has 1 aromatic carbocycles. The van der Waals surface area contributed by atoms with Gasteiger partial charge < -0.3 is 5.32 Å². The van der Waals surface area contributed by atoms with Gasteiger partial charge in [-0.15, -0.1) is 0 Å². The lowest BCUT2D eigenvalue weighted by Gasteiger charge is -2.27. The molecule has 1 aliphatic carbocycles. The van der Waals surface area contributed by atoms with Crippen LogP contribution in [0.25, 0.3) is 0 Å². The van der Waals surface area contributed by atoms with E-state index >= 15 is 0 Å². The molecule has 94 valence electrons. The van der Waals surface area contributed by atoms with Crippen LogP contribution in [0.5, 0.6) is 0 Å². The predicted octanol–water partition coefficient (Wildman–Crippen LogP) is 5.23. The van der Waals surface area contributed by atoms with Crippen molar-refractivity contribution in [2.45, 2.75) is 32.6 Å². The van der Waals surface area contributed by atoms with Gasteiger partial charge >= 0.3 is 0 Å². The summed E-state index contributed by atoms with van der Waals surface area (Å²) in [6, 6.07) is 5.73. The summed E-state index contributed by atoms with van der Waals surface area (Å²) in [4.78, 5) is 0. The van der Waals surface area contributed by atoms with E-state index < -0.39 is 0 Å². The first-order valence-corrected chi connectivity index (χ1v) is 7.10. The van der Waals surface area contributed by atoms with Gasteiger partial charge in [0, 0.05) is 6.54 Å². The third-order valence-electron chi connectivity index (χ3n) is 3.58. The van der Waals surface area contributed by atoms with Crippen LogP contribution in [0.1, 0.15) is 32.6 Å². The molecule has 3 heteroatoms. The second-order valence-electron chi connectivity index (χ2n) is 5.12. The van der Waals surface area contributed by atoms with Crippen molar-refractivity contribution in [2.75, 3.05) is 11.9 Å². The number of benzene rings is 1. The van der Waals surface area contributed by atoms with Crippen LogP contribution in [0.4, 0.5) is 5.69 Å². The van der Waals surface area contributed by atoms with E-state index in [4.69, 9.17) is 23.2 Å². The predicted molar refractivity (Wildman–Crippen MR) is 76.1 cm³/mol. The van der Waals surface area contributed by atoms with E-state index in [0.29, 0.717) is 10.0 Å². The van der Waals surface area contributed by atoms with Crippen molar-refractivity contribution in [3.8, 4) is 0 Å². The fourth-order valence-electron chi connectivity index (χ4n) is 2.64. The van der Waals surface area contributed by atoms with Crippen molar-refractivity contribution in [2.24, 2.45) is 11.8 Å². The lowest BCUT2D eigenvalue weighted by molar-refractivity contribution is 0.293. The molecule has 2 atom stereocenters. The molecule has 0 radical (unpaired) electrons. The summed E-state index contributed by atoms with van der Waals surface area (Å²) in [6.07, 6.45) is 5.39. The molecule has 2 rings (SSSR count). The minimum absolute atomic E-state index is 0.619. The molecule has 0 bridgehead atoms. The summed E-state index contributed by atoms with van der Waals surface area (Å²) in [5.41, 5.74) is 0.956. The summed E-state index contributed by atoms with van der Waals surface area (Å²) >= 11 is 12.1. The maximum atomic E-state index is 6.15. The number of hydrogen-bond acceptors (Lipinski definition) is 1. The largest absolute Gasteiger partial charge is 0.384 e. The molecule has 1 saturated carbocycles. The third-order valence-corrected chi connectivity index (χ3v) is 4.40. The van der Waals surface area contributed by atoms with Crippen LogP contribution in [-0.4, -0.2) is 6.54 Å². The molecule has 0 aromatic heterocycles. The van der Waals surface area contributed by atoms with E-state index in [-0.39, 0.29) is 0 Å². The molecule has 1 nitrogen and oxygen atoms in total. The van der Waals surface area contributed by atoms with Gasteiger partial charge in [0.15, 0.2) is 0 Å². The van der Waals surface area contributed by atoms with Gasteiger partial charge in [-0.2, -0.15) is 0 Å². The Kier molecular flexibility index (Phi) is 4.58. The molecular formula is C14H19Cl2N. The Morgan fingerprint density at radius 2 is 2.12 bits per heavy atom. The van der Waals surface area contributed by atoms with Crippen molar-refractivity contribution in [1.82, 2.24) is 0 Å². The molecule has 17 heavy (non-hydrogen) atoms. The summed E-state index contributed by atoms with van der Waals surface area (Å²) in [7, 11) is 0. The van der Waals surface area contributed by atoms with Crippen molar-refractivity contribution in [3.63, 3.8) is 0 Å². The van der Waals surface area contributed by atoms with Crippen molar-refractivity contribution in [1.29, 1.82) is 0 Å².